The average molecular weight is 331 g/mol. The SMILES string of the molecule is O=C1C=C(Nc2c(Br)cccc2Br)CC1. The van der Waals surface area contributed by atoms with Gasteiger partial charge in [0.2, 0.25) is 0 Å². The summed E-state index contributed by atoms with van der Waals surface area (Å²) in [7, 11) is 0. The van der Waals surface area contributed by atoms with E-state index in [2.05, 4.69) is 37.2 Å². The second kappa shape index (κ2) is 4.49. The van der Waals surface area contributed by atoms with E-state index >= 15 is 0 Å². The van der Waals surface area contributed by atoms with Gasteiger partial charge in [0.05, 0.1) is 5.69 Å². The molecule has 78 valence electrons. The monoisotopic (exact) mass is 329 g/mol. The summed E-state index contributed by atoms with van der Waals surface area (Å²) in [5.41, 5.74) is 1.95. The predicted octanol–water partition coefficient (Wildman–Crippen LogP) is 3.87. The molecule has 0 bridgehead atoms. The summed E-state index contributed by atoms with van der Waals surface area (Å²) in [6.07, 6.45) is 3.09. The summed E-state index contributed by atoms with van der Waals surface area (Å²) >= 11 is 6.93. The third kappa shape index (κ3) is 2.49. The molecule has 2 rings (SSSR count). The molecule has 0 atom stereocenters. The zero-order valence-electron chi connectivity index (χ0n) is 7.89. The van der Waals surface area contributed by atoms with Crippen molar-refractivity contribution < 1.29 is 4.79 Å². The number of ketones is 1. The Hall–Kier alpha value is -0.610. The second-order valence-electron chi connectivity index (χ2n) is 3.36. The van der Waals surface area contributed by atoms with Gasteiger partial charge in [0.25, 0.3) is 0 Å². The Balaban J connectivity index is 2.24. The van der Waals surface area contributed by atoms with Gasteiger partial charge in [-0.25, -0.2) is 0 Å². The molecule has 0 unspecified atom stereocenters. The molecule has 1 aromatic carbocycles. The fourth-order valence-corrected chi connectivity index (χ4v) is 2.67. The van der Waals surface area contributed by atoms with Crippen molar-refractivity contribution in [3.8, 4) is 0 Å². The van der Waals surface area contributed by atoms with E-state index in [4.69, 9.17) is 0 Å². The first-order valence-electron chi connectivity index (χ1n) is 4.61. The lowest BCUT2D eigenvalue weighted by Crippen LogP contribution is -1.98. The number of carbonyl (C=O) groups is 1. The van der Waals surface area contributed by atoms with Crippen molar-refractivity contribution in [3.63, 3.8) is 0 Å². The van der Waals surface area contributed by atoms with Gasteiger partial charge in [0.1, 0.15) is 0 Å². The molecule has 0 fully saturated rings. The largest absolute Gasteiger partial charge is 0.357 e. The number of hydrogen-bond donors (Lipinski definition) is 1. The second-order valence-corrected chi connectivity index (χ2v) is 5.07. The van der Waals surface area contributed by atoms with E-state index in [0.717, 1.165) is 26.8 Å². The van der Waals surface area contributed by atoms with E-state index in [9.17, 15) is 4.79 Å². The van der Waals surface area contributed by atoms with Crippen LogP contribution in [0.5, 0.6) is 0 Å². The minimum Gasteiger partial charge on any atom is -0.357 e. The number of para-hydroxylation sites is 1. The molecule has 2 nitrogen and oxygen atoms in total. The fourth-order valence-electron chi connectivity index (χ4n) is 1.47. The topological polar surface area (TPSA) is 29.1 Å². The molecule has 0 amide bonds. The van der Waals surface area contributed by atoms with Gasteiger partial charge in [-0.3, -0.25) is 4.79 Å². The van der Waals surface area contributed by atoms with Crippen LogP contribution >= 0.6 is 31.9 Å². The van der Waals surface area contributed by atoms with Gasteiger partial charge in [-0.15, -0.1) is 0 Å². The van der Waals surface area contributed by atoms with Gasteiger partial charge in [-0.2, -0.15) is 0 Å². The van der Waals surface area contributed by atoms with Crippen molar-refractivity contribution in [3.05, 3.63) is 38.9 Å². The number of nitrogens with one attached hydrogen (secondary N) is 1. The van der Waals surface area contributed by atoms with Crippen LogP contribution in [-0.2, 0) is 4.79 Å². The number of carbonyl (C=O) groups excluding carboxylic acids is 1. The van der Waals surface area contributed by atoms with Crippen LogP contribution in [-0.4, -0.2) is 5.78 Å². The zero-order valence-corrected chi connectivity index (χ0v) is 11.1. The summed E-state index contributed by atoms with van der Waals surface area (Å²) in [5, 5.41) is 3.25. The lowest BCUT2D eigenvalue weighted by Gasteiger charge is -2.10. The van der Waals surface area contributed by atoms with Crippen LogP contribution in [0.1, 0.15) is 12.8 Å². The fraction of sp³-hybridized carbons (Fsp3) is 0.182. The Bertz CT molecular complexity index is 420. The molecule has 1 aliphatic rings. The van der Waals surface area contributed by atoms with Crippen molar-refractivity contribution in [2.45, 2.75) is 12.8 Å². The van der Waals surface area contributed by atoms with Gasteiger partial charge in [-0.05, 0) is 50.4 Å². The van der Waals surface area contributed by atoms with E-state index in [-0.39, 0.29) is 5.78 Å². The first-order chi connectivity index (χ1) is 7.16. The molecule has 1 aliphatic carbocycles. The Morgan fingerprint density at radius 2 is 1.80 bits per heavy atom. The number of halogens is 2. The molecule has 0 saturated heterocycles. The van der Waals surface area contributed by atoms with Crippen LogP contribution < -0.4 is 5.32 Å². The number of rotatable bonds is 2. The van der Waals surface area contributed by atoms with Crippen LogP contribution in [0.3, 0.4) is 0 Å². The maximum atomic E-state index is 11.1. The smallest absolute Gasteiger partial charge is 0.157 e. The minimum absolute atomic E-state index is 0.195. The van der Waals surface area contributed by atoms with Gasteiger partial charge in [-0.1, -0.05) is 6.07 Å². The molecule has 0 aromatic heterocycles. The molecular formula is C11H9Br2NO. The molecule has 0 heterocycles. The van der Waals surface area contributed by atoms with Crippen molar-refractivity contribution in [2.24, 2.45) is 0 Å². The lowest BCUT2D eigenvalue weighted by atomic mass is 10.3. The Morgan fingerprint density at radius 1 is 1.13 bits per heavy atom. The molecule has 1 aromatic rings. The first kappa shape index (κ1) is 10.9. The number of hydrogen-bond acceptors (Lipinski definition) is 2. The van der Waals surface area contributed by atoms with E-state index in [1.165, 1.54) is 0 Å². The molecular weight excluding hydrogens is 322 g/mol. The number of allylic oxidation sites excluding steroid dienone is 2. The number of benzene rings is 1. The number of anilines is 1. The van der Waals surface area contributed by atoms with Gasteiger partial charge < -0.3 is 5.32 Å². The third-order valence-corrected chi connectivity index (χ3v) is 3.55. The predicted molar refractivity (Wildman–Crippen MR) is 67.8 cm³/mol. The van der Waals surface area contributed by atoms with Crippen molar-refractivity contribution in [1.29, 1.82) is 0 Å². The van der Waals surface area contributed by atoms with E-state index in [0.29, 0.717) is 6.42 Å². The van der Waals surface area contributed by atoms with E-state index in [1.54, 1.807) is 6.08 Å². The lowest BCUT2D eigenvalue weighted by molar-refractivity contribution is -0.114. The van der Waals surface area contributed by atoms with Crippen LogP contribution in [0.15, 0.2) is 38.9 Å². The third-order valence-electron chi connectivity index (χ3n) is 2.22. The molecule has 0 saturated carbocycles. The summed E-state index contributed by atoms with van der Waals surface area (Å²) in [4.78, 5) is 11.1. The molecule has 0 spiro atoms. The standard InChI is InChI=1S/C11H9Br2NO/c12-9-2-1-3-10(13)11(9)14-7-4-5-8(15)6-7/h1-3,6,14H,4-5H2. The molecule has 1 N–H and O–H groups in total. The maximum Gasteiger partial charge on any atom is 0.157 e. The normalized spacial score (nSPS) is 15.3. The highest BCUT2D eigenvalue weighted by Gasteiger charge is 2.13. The van der Waals surface area contributed by atoms with Crippen molar-refractivity contribution in [2.75, 3.05) is 5.32 Å². The van der Waals surface area contributed by atoms with Crippen LogP contribution in [0.4, 0.5) is 5.69 Å². The van der Waals surface area contributed by atoms with Gasteiger partial charge in [0.15, 0.2) is 5.78 Å². The highest BCUT2D eigenvalue weighted by molar-refractivity contribution is 9.11. The van der Waals surface area contributed by atoms with Crippen molar-refractivity contribution in [1.82, 2.24) is 0 Å². The average Bonchev–Trinajstić information content (AvgIpc) is 2.58. The first-order valence-corrected chi connectivity index (χ1v) is 6.20. The summed E-state index contributed by atoms with van der Waals surface area (Å²) in [6, 6.07) is 5.88. The molecule has 0 radical (unpaired) electrons. The Labute approximate surface area is 105 Å². The quantitative estimate of drug-likeness (QED) is 0.891. The van der Waals surface area contributed by atoms with Gasteiger partial charge >= 0.3 is 0 Å². The van der Waals surface area contributed by atoms with E-state index < -0.39 is 0 Å². The van der Waals surface area contributed by atoms with E-state index in [1.807, 2.05) is 18.2 Å². The Kier molecular flexibility index (Phi) is 3.26. The van der Waals surface area contributed by atoms with Gasteiger partial charge in [0, 0.05) is 27.1 Å². The maximum absolute atomic E-state index is 11.1. The van der Waals surface area contributed by atoms with Crippen LogP contribution in [0.25, 0.3) is 0 Å². The van der Waals surface area contributed by atoms with Crippen LogP contribution in [0, 0.1) is 0 Å². The molecule has 15 heavy (non-hydrogen) atoms. The molecule has 0 aliphatic heterocycles. The summed E-state index contributed by atoms with van der Waals surface area (Å²) in [5.74, 6) is 0.195. The molecule has 4 heteroatoms. The zero-order chi connectivity index (χ0) is 10.8. The highest BCUT2D eigenvalue weighted by atomic mass is 79.9. The highest BCUT2D eigenvalue weighted by Crippen LogP contribution is 2.32. The summed E-state index contributed by atoms with van der Waals surface area (Å²) < 4.78 is 1.97. The van der Waals surface area contributed by atoms with Crippen LogP contribution in [0.2, 0.25) is 0 Å². The Morgan fingerprint density at radius 3 is 2.33 bits per heavy atom. The minimum atomic E-state index is 0.195. The summed E-state index contributed by atoms with van der Waals surface area (Å²) in [6.45, 7) is 0. The van der Waals surface area contributed by atoms with Crippen molar-refractivity contribution >= 4 is 43.3 Å².